The second-order valence-corrected chi connectivity index (χ2v) is 6.35. The van der Waals surface area contributed by atoms with Gasteiger partial charge in [0.2, 0.25) is 5.91 Å². The third kappa shape index (κ3) is 2.53. The molecule has 1 heterocycles. The van der Waals surface area contributed by atoms with Crippen molar-refractivity contribution in [3.63, 3.8) is 0 Å². The number of nitrogens with zero attached hydrogens (tertiary/aromatic N) is 1. The van der Waals surface area contributed by atoms with Gasteiger partial charge in [-0.3, -0.25) is 4.79 Å². The van der Waals surface area contributed by atoms with Crippen LogP contribution in [0.1, 0.15) is 38.5 Å². The van der Waals surface area contributed by atoms with Gasteiger partial charge in [-0.2, -0.15) is 0 Å². The van der Waals surface area contributed by atoms with Gasteiger partial charge in [0.25, 0.3) is 0 Å². The minimum Gasteiger partial charge on any atom is -0.336 e. The Morgan fingerprint density at radius 3 is 2.38 bits per heavy atom. The fraction of sp³-hybridized carbons (Fsp3) is 0.500. The van der Waals surface area contributed by atoms with Gasteiger partial charge in [0.1, 0.15) is 0 Å². The number of carbonyl (C=O) groups excluding carboxylic acids is 2. The Labute approximate surface area is 129 Å². The average Bonchev–Trinajstić information content (AvgIpc) is 2.72. The first-order chi connectivity index (χ1) is 10.1. The van der Waals surface area contributed by atoms with Gasteiger partial charge >= 0.3 is 6.03 Å². The van der Waals surface area contributed by atoms with E-state index >= 15 is 0 Å². The van der Waals surface area contributed by atoms with Gasteiger partial charge in [-0.25, -0.2) is 9.69 Å². The highest BCUT2D eigenvalue weighted by atomic mass is 35.5. The van der Waals surface area contributed by atoms with Crippen LogP contribution < -0.4 is 10.2 Å². The Bertz CT molecular complexity index is 565. The number of hydrogen-bond donors (Lipinski definition) is 1. The Morgan fingerprint density at radius 1 is 1.05 bits per heavy atom. The molecule has 0 bridgehead atoms. The first-order valence-electron chi connectivity index (χ1n) is 7.51. The summed E-state index contributed by atoms with van der Waals surface area (Å²) in [7, 11) is 0. The van der Waals surface area contributed by atoms with Gasteiger partial charge in [-0.1, -0.05) is 49.4 Å². The summed E-state index contributed by atoms with van der Waals surface area (Å²) in [6.45, 7) is 0.450. The van der Waals surface area contributed by atoms with Crippen LogP contribution in [0.25, 0.3) is 0 Å². The van der Waals surface area contributed by atoms with E-state index in [9.17, 15) is 9.59 Å². The second kappa shape index (κ2) is 5.68. The summed E-state index contributed by atoms with van der Waals surface area (Å²) in [4.78, 5) is 26.5. The zero-order chi connectivity index (χ0) is 14.9. The number of nitrogens with one attached hydrogen (secondary N) is 1. The van der Waals surface area contributed by atoms with Crippen LogP contribution in [0.2, 0.25) is 5.02 Å². The first-order valence-corrected chi connectivity index (χ1v) is 7.89. The molecule has 4 nitrogen and oxygen atoms in total. The second-order valence-electron chi connectivity index (χ2n) is 5.95. The van der Waals surface area contributed by atoms with E-state index < -0.39 is 5.41 Å². The lowest BCUT2D eigenvalue weighted by molar-refractivity contribution is -0.129. The highest BCUT2D eigenvalue weighted by molar-refractivity contribution is 6.35. The summed E-state index contributed by atoms with van der Waals surface area (Å²) in [6, 6.07) is 6.62. The maximum atomic E-state index is 13.0. The van der Waals surface area contributed by atoms with E-state index in [1.807, 2.05) is 0 Å². The van der Waals surface area contributed by atoms with Gasteiger partial charge in [-0.15, -0.1) is 0 Å². The minimum absolute atomic E-state index is 0.0961. The Morgan fingerprint density at radius 2 is 1.71 bits per heavy atom. The summed E-state index contributed by atoms with van der Waals surface area (Å²) >= 11 is 6.17. The molecule has 0 unspecified atom stereocenters. The highest BCUT2D eigenvalue weighted by Gasteiger charge is 2.47. The van der Waals surface area contributed by atoms with Crippen LogP contribution in [0, 0.1) is 5.41 Å². The molecule has 0 atom stereocenters. The van der Waals surface area contributed by atoms with Crippen molar-refractivity contribution in [2.24, 2.45) is 5.41 Å². The van der Waals surface area contributed by atoms with Gasteiger partial charge < -0.3 is 5.32 Å². The fourth-order valence-electron chi connectivity index (χ4n) is 3.38. The zero-order valence-electron chi connectivity index (χ0n) is 11.9. The zero-order valence-corrected chi connectivity index (χ0v) is 12.7. The fourth-order valence-corrected chi connectivity index (χ4v) is 3.60. The van der Waals surface area contributed by atoms with Crippen molar-refractivity contribution in [2.45, 2.75) is 38.5 Å². The summed E-state index contributed by atoms with van der Waals surface area (Å²) in [5, 5.41) is 3.31. The number of amides is 3. The number of anilines is 1. The number of para-hydroxylation sites is 1. The molecule has 112 valence electrons. The number of halogens is 1. The molecule has 1 aliphatic carbocycles. The minimum atomic E-state index is -0.455. The molecule has 1 aromatic carbocycles. The van der Waals surface area contributed by atoms with Crippen molar-refractivity contribution in [2.75, 3.05) is 11.4 Å². The third-order valence-electron chi connectivity index (χ3n) is 4.59. The standard InChI is InChI=1S/C16H19ClN2O2/c17-12-7-3-4-8-13(12)19-14(20)16(11-18-15(19)21)9-5-1-2-6-10-16/h3-4,7-8H,1-2,5-6,9-11H2,(H,18,21). The molecule has 3 rings (SSSR count). The monoisotopic (exact) mass is 306 g/mol. The van der Waals surface area contributed by atoms with Crippen molar-refractivity contribution >= 4 is 29.2 Å². The van der Waals surface area contributed by atoms with Crippen molar-refractivity contribution < 1.29 is 9.59 Å². The molecule has 3 amide bonds. The average molecular weight is 307 g/mol. The lowest BCUT2D eigenvalue weighted by Gasteiger charge is -2.40. The predicted molar refractivity (Wildman–Crippen MR) is 82.5 cm³/mol. The highest BCUT2D eigenvalue weighted by Crippen LogP contribution is 2.40. The topological polar surface area (TPSA) is 49.4 Å². The van der Waals surface area contributed by atoms with E-state index in [0.717, 1.165) is 38.5 Å². The number of urea groups is 1. The van der Waals surface area contributed by atoms with Gasteiger partial charge in [0, 0.05) is 6.54 Å². The molecular formula is C16H19ClN2O2. The van der Waals surface area contributed by atoms with Gasteiger partial charge in [0.05, 0.1) is 16.1 Å². The van der Waals surface area contributed by atoms with Gasteiger partial charge in [0.15, 0.2) is 0 Å². The molecule has 1 spiro atoms. The number of benzene rings is 1. The Kier molecular flexibility index (Phi) is 3.89. The summed E-state index contributed by atoms with van der Waals surface area (Å²) < 4.78 is 0. The van der Waals surface area contributed by atoms with Crippen LogP contribution in [-0.2, 0) is 4.79 Å². The molecule has 2 fully saturated rings. The molecule has 0 radical (unpaired) electrons. The number of imide groups is 1. The molecule has 0 aromatic heterocycles. The Hall–Kier alpha value is -1.55. The largest absolute Gasteiger partial charge is 0.336 e. The molecule has 1 saturated heterocycles. The smallest absolute Gasteiger partial charge is 0.328 e. The number of hydrogen-bond acceptors (Lipinski definition) is 2. The third-order valence-corrected chi connectivity index (χ3v) is 4.91. The van der Waals surface area contributed by atoms with E-state index in [0.29, 0.717) is 17.3 Å². The summed E-state index contributed by atoms with van der Waals surface area (Å²) in [6.07, 6.45) is 6.08. The molecule has 1 N–H and O–H groups in total. The maximum absolute atomic E-state index is 13.0. The van der Waals surface area contributed by atoms with Crippen LogP contribution in [-0.4, -0.2) is 18.5 Å². The van der Waals surface area contributed by atoms with E-state index in [1.54, 1.807) is 24.3 Å². The summed E-state index contributed by atoms with van der Waals surface area (Å²) in [5.41, 5.74) is 0.0221. The van der Waals surface area contributed by atoms with Crippen LogP contribution in [0.15, 0.2) is 24.3 Å². The molecule has 1 aliphatic heterocycles. The van der Waals surface area contributed by atoms with Crippen molar-refractivity contribution in [3.8, 4) is 0 Å². The SMILES string of the molecule is O=C1NCC2(CCCCCC2)C(=O)N1c1ccccc1Cl. The molecular weight excluding hydrogens is 288 g/mol. The van der Waals surface area contributed by atoms with Gasteiger partial charge in [-0.05, 0) is 25.0 Å². The van der Waals surface area contributed by atoms with E-state index in [4.69, 9.17) is 11.6 Å². The first kappa shape index (κ1) is 14.4. The van der Waals surface area contributed by atoms with E-state index in [-0.39, 0.29) is 11.9 Å². The molecule has 5 heteroatoms. The van der Waals surface area contributed by atoms with Crippen LogP contribution in [0.5, 0.6) is 0 Å². The lowest BCUT2D eigenvalue weighted by Crippen LogP contribution is -2.61. The van der Waals surface area contributed by atoms with Crippen molar-refractivity contribution in [3.05, 3.63) is 29.3 Å². The summed E-state index contributed by atoms with van der Waals surface area (Å²) in [5.74, 6) is -0.0961. The van der Waals surface area contributed by atoms with E-state index in [1.165, 1.54) is 4.90 Å². The van der Waals surface area contributed by atoms with Crippen molar-refractivity contribution in [1.29, 1.82) is 0 Å². The Balaban J connectivity index is 1.97. The molecule has 1 aromatic rings. The molecule has 21 heavy (non-hydrogen) atoms. The lowest BCUT2D eigenvalue weighted by atomic mass is 9.77. The van der Waals surface area contributed by atoms with E-state index in [2.05, 4.69) is 5.32 Å². The maximum Gasteiger partial charge on any atom is 0.328 e. The predicted octanol–water partition coefficient (Wildman–Crippen LogP) is 3.74. The normalized spacial score (nSPS) is 22.0. The molecule has 2 aliphatic rings. The van der Waals surface area contributed by atoms with Crippen molar-refractivity contribution in [1.82, 2.24) is 5.32 Å². The number of carbonyl (C=O) groups is 2. The van der Waals surface area contributed by atoms with Crippen LogP contribution in [0.4, 0.5) is 10.5 Å². The quantitative estimate of drug-likeness (QED) is 0.859. The molecule has 1 saturated carbocycles. The number of rotatable bonds is 1. The van der Waals surface area contributed by atoms with Crippen LogP contribution >= 0.6 is 11.6 Å². The van der Waals surface area contributed by atoms with Crippen LogP contribution in [0.3, 0.4) is 0 Å².